The highest BCUT2D eigenvalue weighted by molar-refractivity contribution is 5.91. The van der Waals surface area contributed by atoms with Gasteiger partial charge >= 0.3 is 0 Å². The van der Waals surface area contributed by atoms with Crippen LogP contribution < -0.4 is 15.4 Å². The van der Waals surface area contributed by atoms with E-state index in [1.54, 1.807) is 35.4 Å². The molecule has 1 saturated carbocycles. The van der Waals surface area contributed by atoms with Crippen molar-refractivity contribution in [3.05, 3.63) is 71.5 Å². The second-order valence-corrected chi connectivity index (χ2v) is 9.76. The molecule has 0 radical (unpaired) electrons. The Kier molecular flexibility index (Phi) is 6.42. The van der Waals surface area contributed by atoms with Crippen LogP contribution >= 0.6 is 0 Å². The highest BCUT2D eigenvalue weighted by Gasteiger charge is 2.57. The van der Waals surface area contributed by atoms with Crippen molar-refractivity contribution in [1.29, 1.82) is 5.26 Å². The molecule has 2 fully saturated rings. The number of nitriles is 1. The summed E-state index contributed by atoms with van der Waals surface area (Å²) in [7, 11) is 1.53. The summed E-state index contributed by atoms with van der Waals surface area (Å²) in [6.45, 7) is 2.41. The Bertz CT molecular complexity index is 1340. The van der Waals surface area contributed by atoms with Crippen molar-refractivity contribution in [2.75, 3.05) is 13.7 Å². The first-order valence-corrected chi connectivity index (χ1v) is 12.3. The largest absolute Gasteiger partial charge is 0.481 e. The molecule has 2 atom stereocenters. The minimum absolute atomic E-state index is 0.124. The molecule has 0 spiro atoms. The third kappa shape index (κ3) is 4.79. The molecule has 37 heavy (non-hydrogen) atoms. The van der Waals surface area contributed by atoms with E-state index >= 15 is 0 Å². The second kappa shape index (κ2) is 9.69. The Balaban J connectivity index is 1.28. The van der Waals surface area contributed by atoms with Gasteiger partial charge in [-0.3, -0.25) is 9.59 Å². The molecule has 1 aromatic carbocycles. The number of nitrogens with one attached hydrogen (secondary N) is 2. The summed E-state index contributed by atoms with van der Waals surface area (Å²) in [4.78, 5) is 32.1. The number of likely N-dealkylation sites (tertiary alicyclic amines) is 1. The number of pyridine rings is 1. The lowest BCUT2D eigenvalue weighted by Gasteiger charge is -2.27. The molecular formula is C28H28FN5O3. The number of carbonyl (C=O) groups is 2. The van der Waals surface area contributed by atoms with Crippen molar-refractivity contribution in [3.8, 4) is 23.1 Å². The number of hydrogen-bond acceptors (Lipinski definition) is 6. The van der Waals surface area contributed by atoms with Gasteiger partial charge in [-0.25, -0.2) is 9.37 Å². The van der Waals surface area contributed by atoms with Crippen LogP contribution in [0.1, 0.15) is 31.7 Å². The van der Waals surface area contributed by atoms with E-state index in [0.29, 0.717) is 35.7 Å². The zero-order valence-electron chi connectivity index (χ0n) is 20.8. The summed E-state index contributed by atoms with van der Waals surface area (Å²) in [5, 5.41) is 15.8. The molecular weight excluding hydrogens is 473 g/mol. The van der Waals surface area contributed by atoms with Crippen molar-refractivity contribution < 1.29 is 18.7 Å². The SMILES string of the molecule is COc1ccc(-c2cc(F)cc(CNC(=O)C3C=C(N4CCC(C#N)(C5CC5)C4=O)C=C(C)N3)c2)cn1. The van der Waals surface area contributed by atoms with Crippen molar-refractivity contribution in [2.45, 2.75) is 38.8 Å². The number of carbonyl (C=O) groups excluding carboxylic acids is 2. The van der Waals surface area contributed by atoms with E-state index in [-0.39, 0.29) is 24.3 Å². The molecule has 1 saturated heterocycles. The third-order valence-corrected chi connectivity index (χ3v) is 7.21. The predicted octanol–water partition coefficient (Wildman–Crippen LogP) is 3.42. The predicted molar refractivity (Wildman–Crippen MR) is 134 cm³/mol. The molecule has 2 amide bonds. The number of ether oxygens (including phenoxy) is 1. The second-order valence-electron chi connectivity index (χ2n) is 9.76. The van der Waals surface area contributed by atoms with Gasteiger partial charge in [-0.15, -0.1) is 0 Å². The Morgan fingerprint density at radius 3 is 2.81 bits per heavy atom. The fraction of sp³-hybridized carbons (Fsp3) is 0.357. The van der Waals surface area contributed by atoms with Crippen LogP contribution in [-0.4, -0.2) is 41.4 Å². The standard InChI is InChI=1S/C28H28FN5O3/c1-17-9-23(34-8-7-28(16-30,27(34)36)21-4-5-21)13-24(33-17)26(35)32-14-18-10-20(12-22(29)11-18)19-3-6-25(37-2)31-15-19/h3,6,9-13,15,21,24,33H,4-5,7-8,14H2,1-2H3,(H,32,35). The maximum atomic E-state index is 14.4. The summed E-state index contributed by atoms with van der Waals surface area (Å²) in [5.74, 6) is -0.299. The van der Waals surface area contributed by atoms with Gasteiger partial charge in [0.15, 0.2) is 0 Å². The van der Waals surface area contributed by atoms with Crippen LogP contribution in [0.3, 0.4) is 0 Å². The minimum Gasteiger partial charge on any atom is -0.481 e. The molecule has 3 aliphatic rings. The number of rotatable bonds is 7. The molecule has 3 heterocycles. The van der Waals surface area contributed by atoms with Crippen molar-refractivity contribution in [1.82, 2.24) is 20.5 Å². The first kappa shape index (κ1) is 24.5. The van der Waals surface area contributed by atoms with Crippen LogP contribution in [0.15, 0.2) is 60.1 Å². The maximum Gasteiger partial charge on any atom is 0.247 e. The normalized spacial score (nSPS) is 23.0. The molecule has 2 N–H and O–H groups in total. The van der Waals surface area contributed by atoms with Gasteiger partial charge in [-0.1, -0.05) is 0 Å². The lowest BCUT2D eigenvalue weighted by Crippen LogP contribution is -2.45. The summed E-state index contributed by atoms with van der Waals surface area (Å²) >= 11 is 0. The van der Waals surface area contributed by atoms with Gasteiger partial charge in [0.05, 0.1) is 13.2 Å². The number of aromatic nitrogens is 1. The van der Waals surface area contributed by atoms with Crippen LogP contribution in [-0.2, 0) is 16.1 Å². The molecule has 2 aromatic rings. The van der Waals surface area contributed by atoms with E-state index in [0.717, 1.165) is 24.1 Å². The summed E-state index contributed by atoms with van der Waals surface area (Å²) in [6.07, 6.45) is 7.46. The van der Waals surface area contributed by atoms with Gasteiger partial charge in [0, 0.05) is 42.3 Å². The van der Waals surface area contributed by atoms with Gasteiger partial charge in [-0.2, -0.15) is 5.26 Å². The monoisotopic (exact) mass is 501 g/mol. The molecule has 1 aliphatic carbocycles. The van der Waals surface area contributed by atoms with E-state index in [1.165, 1.54) is 19.2 Å². The zero-order valence-corrected chi connectivity index (χ0v) is 20.8. The number of nitrogens with zero attached hydrogens (tertiary/aromatic N) is 3. The lowest BCUT2D eigenvalue weighted by molar-refractivity contribution is -0.132. The number of amides is 2. The average Bonchev–Trinajstić information content (AvgIpc) is 3.70. The summed E-state index contributed by atoms with van der Waals surface area (Å²) in [5.41, 5.74) is 2.39. The number of dihydropyridines is 1. The fourth-order valence-electron chi connectivity index (χ4n) is 5.10. The lowest BCUT2D eigenvalue weighted by atomic mass is 9.82. The summed E-state index contributed by atoms with van der Waals surface area (Å²) in [6, 6.07) is 9.68. The Morgan fingerprint density at radius 2 is 2.14 bits per heavy atom. The Labute approximate surface area is 214 Å². The molecule has 2 unspecified atom stereocenters. The molecule has 5 rings (SSSR count). The average molecular weight is 502 g/mol. The van der Waals surface area contributed by atoms with Crippen LogP contribution in [0.5, 0.6) is 5.88 Å². The fourth-order valence-corrected chi connectivity index (χ4v) is 5.10. The molecule has 1 aromatic heterocycles. The topological polar surface area (TPSA) is 107 Å². The van der Waals surface area contributed by atoms with Crippen molar-refractivity contribution >= 4 is 11.8 Å². The molecule has 2 aliphatic heterocycles. The maximum absolute atomic E-state index is 14.4. The highest BCUT2D eigenvalue weighted by atomic mass is 19.1. The van der Waals surface area contributed by atoms with Gasteiger partial charge in [0.1, 0.15) is 17.3 Å². The number of benzene rings is 1. The zero-order chi connectivity index (χ0) is 26.2. The first-order valence-electron chi connectivity index (χ1n) is 12.3. The van der Waals surface area contributed by atoms with Gasteiger partial charge < -0.3 is 20.3 Å². The summed E-state index contributed by atoms with van der Waals surface area (Å²) < 4.78 is 19.4. The van der Waals surface area contributed by atoms with Gasteiger partial charge in [-0.05, 0) is 79.6 Å². The molecule has 8 nitrogen and oxygen atoms in total. The number of allylic oxidation sites excluding steroid dienone is 2. The van der Waals surface area contributed by atoms with Crippen LogP contribution in [0, 0.1) is 28.5 Å². The number of hydrogen-bond donors (Lipinski definition) is 2. The van der Waals surface area contributed by atoms with Gasteiger partial charge in [0.2, 0.25) is 17.7 Å². The quantitative estimate of drug-likeness (QED) is 0.602. The molecule has 9 heteroatoms. The third-order valence-electron chi connectivity index (χ3n) is 7.21. The smallest absolute Gasteiger partial charge is 0.247 e. The van der Waals surface area contributed by atoms with E-state index in [9.17, 15) is 19.2 Å². The highest BCUT2D eigenvalue weighted by Crippen LogP contribution is 2.52. The van der Waals surface area contributed by atoms with Crippen molar-refractivity contribution in [2.24, 2.45) is 11.3 Å². The van der Waals surface area contributed by atoms with Gasteiger partial charge in [0.25, 0.3) is 0 Å². The van der Waals surface area contributed by atoms with E-state index in [4.69, 9.17) is 4.74 Å². The Morgan fingerprint density at radius 1 is 1.32 bits per heavy atom. The Hall–Kier alpha value is -4.19. The van der Waals surface area contributed by atoms with E-state index in [1.807, 2.05) is 13.0 Å². The van der Waals surface area contributed by atoms with Crippen LogP contribution in [0.25, 0.3) is 11.1 Å². The number of halogens is 1. The van der Waals surface area contributed by atoms with E-state index < -0.39 is 17.3 Å². The molecule has 0 bridgehead atoms. The number of methoxy groups -OCH3 is 1. The minimum atomic E-state index is -0.945. The van der Waals surface area contributed by atoms with Crippen molar-refractivity contribution in [3.63, 3.8) is 0 Å². The van der Waals surface area contributed by atoms with Crippen LogP contribution in [0.4, 0.5) is 4.39 Å². The van der Waals surface area contributed by atoms with Crippen LogP contribution in [0.2, 0.25) is 0 Å². The molecule has 190 valence electrons. The van der Waals surface area contributed by atoms with E-state index in [2.05, 4.69) is 21.7 Å². The first-order chi connectivity index (χ1) is 17.8.